The van der Waals surface area contributed by atoms with E-state index >= 15 is 0 Å². The van der Waals surface area contributed by atoms with Crippen LogP contribution in [0.15, 0.2) is 28.9 Å². The number of nitrogens with one attached hydrogen (secondary N) is 1. The second-order valence-electron chi connectivity index (χ2n) is 3.14. The number of halogens is 1. The highest BCUT2D eigenvalue weighted by atomic mass is 35.5. The Kier molecular flexibility index (Phi) is 3.01. The molecular weight excluding hydrogens is 228 g/mol. The fraction of sp³-hybridized carbons (Fsp3) is 0.182. The van der Waals surface area contributed by atoms with Gasteiger partial charge >= 0.3 is 0 Å². The third kappa shape index (κ3) is 1.97. The molecule has 1 aromatic carbocycles. The van der Waals surface area contributed by atoms with E-state index in [0.717, 1.165) is 11.3 Å². The maximum atomic E-state index is 6.02. The molecule has 2 rings (SSSR count). The summed E-state index contributed by atoms with van der Waals surface area (Å²) in [4.78, 5) is 4.22. The van der Waals surface area contributed by atoms with Gasteiger partial charge in [-0.3, -0.25) is 0 Å². The SMILES string of the molecule is CNc1nc(-c2ccc(OC)c(Cl)c2)co1. The van der Waals surface area contributed by atoms with E-state index in [9.17, 15) is 0 Å². The molecule has 84 valence electrons. The van der Waals surface area contributed by atoms with Crippen LogP contribution in [0.3, 0.4) is 0 Å². The minimum absolute atomic E-state index is 0.474. The van der Waals surface area contributed by atoms with E-state index in [4.69, 9.17) is 20.8 Å². The number of methoxy groups -OCH3 is 1. The highest BCUT2D eigenvalue weighted by Gasteiger charge is 2.07. The fourth-order valence-electron chi connectivity index (χ4n) is 1.35. The summed E-state index contributed by atoms with van der Waals surface area (Å²) in [6.07, 6.45) is 1.57. The van der Waals surface area contributed by atoms with Crippen LogP contribution in [0.25, 0.3) is 11.3 Å². The van der Waals surface area contributed by atoms with Crippen LogP contribution in [-0.4, -0.2) is 19.1 Å². The molecule has 0 spiro atoms. The van der Waals surface area contributed by atoms with Gasteiger partial charge in [0.2, 0.25) is 0 Å². The summed E-state index contributed by atoms with van der Waals surface area (Å²) in [5, 5.41) is 3.37. The van der Waals surface area contributed by atoms with Crippen molar-refractivity contribution in [2.24, 2.45) is 0 Å². The molecule has 0 aliphatic carbocycles. The molecule has 0 radical (unpaired) electrons. The number of nitrogens with zero attached hydrogens (tertiary/aromatic N) is 1. The van der Waals surface area contributed by atoms with E-state index < -0.39 is 0 Å². The van der Waals surface area contributed by atoms with E-state index in [1.807, 2.05) is 6.07 Å². The van der Waals surface area contributed by atoms with E-state index in [1.165, 1.54) is 0 Å². The van der Waals surface area contributed by atoms with Gasteiger partial charge in [-0.15, -0.1) is 0 Å². The lowest BCUT2D eigenvalue weighted by molar-refractivity contribution is 0.415. The number of anilines is 1. The third-order valence-electron chi connectivity index (χ3n) is 2.17. The Morgan fingerprint density at radius 3 is 2.81 bits per heavy atom. The average Bonchev–Trinajstić information content (AvgIpc) is 2.77. The number of rotatable bonds is 3. The molecule has 0 amide bonds. The van der Waals surface area contributed by atoms with Crippen LogP contribution in [0, 0.1) is 0 Å². The normalized spacial score (nSPS) is 10.2. The molecule has 1 N–H and O–H groups in total. The van der Waals surface area contributed by atoms with Crippen LogP contribution >= 0.6 is 11.6 Å². The van der Waals surface area contributed by atoms with E-state index in [0.29, 0.717) is 16.8 Å². The van der Waals surface area contributed by atoms with Gasteiger partial charge in [0.25, 0.3) is 6.01 Å². The Morgan fingerprint density at radius 2 is 2.25 bits per heavy atom. The van der Waals surface area contributed by atoms with Gasteiger partial charge in [-0.05, 0) is 18.2 Å². The molecule has 0 bridgehead atoms. The van der Waals surface area contributed by atoms with Crippen LogP contribution < -0.4 is 10.1 Å². The monoisotopic (exact) mass is 238 g/mol. The van der Waals surface area contributed by atoms with Gasteiger partial charge in [0.05, 0.1) is 12.1 Å². The molecule has 0 aliphatic heterocycles. The highest BCUT2D eigenvalue weighted by molar-refractivity contribution is 6.32. The first-order valence-electron chi connectivity index (χ1n) is 4.72. The fourth-order valence-corrected chi connectivity index (χ4v) is 1.60. The molecule has 0 atom stereocenters. The summed E-state index contributed by atoms with van der Waals surface area (Å²) in [5.41, 5.74) is 1.62. The zero-order valence-electron chi connectivity index (χ0n) is 8.95. The van der Waals surface area contributed by atoms with Gasteiger partial charge in [-0.25, -0.2) is 0 Å². The minimum Gasteiger partial charge on any atom is -0.495 e. The van der Waals surface area contributed by atoms with Gasteiger partial charge in [0.1, 0.15) is 17.7 Å². The number of hydrogen-bond acceptors (Lipinski definition) is 4. The summed E-state index contributed by atoms with van der Waals surface area (Å²) in [5.74, 6) is 0.641. The first kappa shape index (κ1) is 10.8. The molecule has 16 heavy (non-hydrogen) atoms. The summed E-state index contributed by atoms with van der Waals surface area (Å²) in [6, 6.07) is 5.94. The van der Waals surface area contributed by atoms with E-state index in [1.54, 1.807) is 32.6 Å². The number of benzene rings is 1. The third-order valence-corrected chi connectivity index (χ3v) is 2.46. The van der Waals surface area contributed by atoms with E-state index in [2.05, 4.69) is 10.3 Å². The number of hydrogen-bond donors (Lipinski definition) is 1. The van der Waals surface area contributed by atoms with Crippen molar-refractivity contribution < 1.29 is 9.15 Å². The van der Waals surface area contributed by atoms with Crippen molar-refractivity contribution in [3.8, 4) is 17.0 Å². The first-order valence-corrected chi connectivity index (χ1v) is 5.09. The molecule has 0 saturated heterocycles. The minimum atomic E-state index is 0.474. The van der Waals surface area contributed by atoms with Gasteiger partial charge in [0, 0.05) is 12.6 Å². The van der Waals surface area contributed by atoms with Crippen LogP contribution in [0.4, 0.5) is 6.01 Å². The molecule has 1 aromatic heterocycles. The summed E-state index contributed by atoms with van der Waals surface area (Å²) < 4.78 is 10.2. The molecule has 0 aliphatic rings. The van der Waals surface area contributed by atoms with Crippen molar-refractivity contribution in [3.63, 3.8) is 0 Å². The Balaban J connectivity index is 2.37. The first-order chi connectivity index (χ1) is 7.74. The molecule has 4 nitrogen and oxygen atoms in total. The lowest BCUT2D eigenvalue weighted by atomic mass is 10.2. The smallest absolute Gasteiger partial charge is 0.294 e. The predicted octanol–water partition coefficient (Wildman–Crippen LogP) is 3.05. The molecule has 2 aromatic rings. The standard InChI is InChI=1S/C11H11ClN2O2/c1-13-11-14-9(6-16-11)7-3-4-10(15-2)8(12)5-7/h3-6H,1-2H3,(H,13,14). The predicted molar refractivity (Wildman–Crippen MR) is 63.0 cm³/mol. The highest BCUT2D eigenvalue weighted by Crippen LogP contribution is 2.30. The van der Waals surface area contributed by atoms with Crippen LogP contribution in [0.1, 0.15) is 0 Å². The van der Waals surface area contributed by atoms with Crippen molar-refractivity contribution in [3.05, 3.63) is 29.5 Å². The number of aromatic nitrogens is 1. The summed E-state index contributed by atoms with van der Waals surface area (Å²) in [6.45, 7) is 0. The maximum absolute atomic E-state index is 6.02. The Hall–Kier alpha value is -1.68. The van der Waals surface area contributed by atoms with Crippen LogP contribution in [-0.2, 0) is 0 Å². The second kappa shape index (κ2) is 4.45. The van der Waals surface area contributed by atoms with Crippen molar-refractivity contribution in [2.75, 3.05) is 19.5 Å². The number of ether oxygens (including phenoxy) is 1. The van der Waals surface area contributed by atoms with Gasteiger partial charge in [-0.1, -0.05) is 11.6 Å². The molecule has 0 fully saturated rings. The van der Waals surface area contributed by atoms with Gasteiger partial charge in [0.15, 0.2) is 0 Å². The largest absolute Gasteiger partial charge is 0.495 e. The van der Waals surface area contributed by atoms with Crippen molar-refractivity contribution in [1.82, 2.24) is 4.98 Å². The quantitative estimate of drug-likeness (QED) is 0.893. The van der Waals surface area contributed by atoms with Crippen molar-refractivity contribution >= 4 is 17.6 Å². The average molecular weight is 239 g/mol. The molecule has 5 heteroatoms. The van der Waals surface area contributed by atoms with E-state index in [-0.39, 0.29) is 0 Å². The summed E-state index contributed by atoms with van der Waals surface area (Å²) in [7, 11) is 3.33. The van der Waals surface area contributed by atoms with Crippen molar-refractivity contribution in [1.29, 1.82) is 0 Å². The topological polar surface area (TPSA) is 47.3 Å². The lowest BCUT2D eigenvalue weighted by Gasteiger charge is -2.03. The Labute approximate surface area is 98.2 Å². The van der Waals surface area contributed by atoms with Crippen LogP contribution in [0.2, 0.25) is 5.02 Å². The molecule has 1 heterocycles. The second-order valence-corrected chi connectivity index (χ2v) is 3.54. The van der Waals surface area contributed by atoms with Crippen LogP contribution in [0.5, 0.6) is 5.75 Å². The zero-order chi connectivity index (χ0) is 11.5. The Morgan fingerprint density at radius 1 is 1.44 bits per heavy atom. The molecular formula is C11H11ClN2O2. The Bertz CT molecular complexity index is 496. The maximum Gasteiger partial charge on any atom is 0.294 e. The van der Waals surface area contributed by atoms with Gasteiger partial charge < -0.3 is 14.5 Å². The van der Waals surface area contributed by atoms with Crippen molar-refractivity contribution in [2.45, 2.75) is 0 Å². The van der Waals surface area contributed by atoms with Gasteiger partial charge in [-0.2, -0.15) is 4.98 Å². The number of oxazole rings is 1. The zero-order valence-corrected chi connectivity index (χ0v) is 9.71. The summed E-state index contributed by atoms with van der Waals surface area (Å²) >= 11 is 6.02. The molecule has 0 unspecified atom stereocenters. The lowest BCUT2D eigenvalue weighted by Crippen LogP contribution is -1.88. The molecule has 0 saturated carbocycles.